The van der Waals surface area contributed by atoms with Gasteiger partial charge in [0.05, 0.1) is 22.3 Å². The lowest BCUT2D eigenvalue weighted by Crippen LogP contribution is -2.41. The van der Waals surface area contributed by atoms with Crippen molar-refractivity contribution in [3.8, 4) is 0 Å². The van der Waals surface area contributed by atoms with Crippen molar-refractivity contribution >= 4 is 40.6 Å². The van der Waals surface area contributed by atoms with Gasteiger partial charge in [0.15, 0.2) is 5.11 Å². The number of aromatic nitrogens is 1. The van der Waals surface area contributed by atoms with Gasteiger partial charge in [-0.3, -0.25) is 4.98 Å². The van der Waals surface area contributed by atoms with Crippen molar-refractivity contribution in [1.82, 2.24) is 9.88 Å². The Morgan fingerprint density at radius 1 is 1.36 bits per heavy atom. The van der Waals surface area contributed by atoms with Crippen LogP contribution in [0, 0.1) is 0 Å². The fraction of sp³-hybridized carbons (Fsp3) is 0.278. The number of pyridine rings is 1. The van der Waals surface area contributed by atoms with Crippen LogP contribution in [0.1, 0.15) is 41.2 Å². The molecule has 1 aromatic heterocycles. The molecule has 0 bridgehead atoms. The van der Waals surface area contributed by atoms with E-state index >= 15 is 0 Å². The number of nitrogens with zero attached hydrogens (tertiary/aromatic N) is 2. The normalized spacial score (nSPS) is 17.2. The Hall–Kier alpha value is -2.18. The van der Waals surface area contributed by atoms with Crippen LogP contribution in [0.2, 0.25) is 5.02 Å². The van der Waals surface area contributed by atoms with Gasteiger partial charge in [-0.15, -0.1) is 0 Å². The number of hydrogen-bond acceptors (Lipinski definition) is 3. The number of carboxylic acids is 1. The zero-order valence-corrected chi connectivity index (χ0v) is 15.1. The average Bonchev–Trinajstić information content (AvgIpc) is 2.64. The Labute approximate surface area is 156 Å². The molecule has 1 unspecified atom stereocenters. The highest BCUT2D eigenvalue weighted by Gasteiger charge is 2.26. The van der Waals surface area contributed by atoms with Gasteiger partial charge in [-0.1, -0.05) is 17.7 Å². The van der Waals surface area contributed by atoms with Crippen molar-refractivity contribution in [3.05, 3.63) is 58.9 Å². The minimum Gasteiger partial charge on any atom is -0.478 e. The van der Waals surface area contributed by atoms with Crippen molar-refractivity contribution in [3.63, 3.8) is 0 Å². The smallest absolute Gasteiger partial charge is 0.335 e. The van der Waals surface area contributed by atoms with Crippen LogP contribution in [0.4, 0.5) is 5.69 Å². The maximum Gasteiger partial charge on any atom is 0.335 e. The molecule has 1 atom stereocenters. The van der Waals surface area contributed by atoms with Crippen molar-refractivity contribution in [2.75, 3.05) is 11.9 Å². The van der Waals surface area contributed by atoms with E-state index in [1.54, 1.807) is 12.3 Å². The number of anilines is 1. The highest BCUT2D eigenvalue weighted by Crippen LogP contribution is 2.32. The molecule has 2 N–H and O–H groups in total. The van der Waals surface area contributed by atoms with Gasteiger partial charge in [-0.05, 0) is 61.3 Å². The number of halogens is 1. The number of nitrogens with one attached hydrogen (secondary N) is 1. The van der Waals surface area contributed by atoms with Crippen LogP contribution in [-0.2, 0) is 0 Å². The average molecular weight is 376 g/mol. The van der Waals surface area contributed by atoms with Crippen LogP contribution >= 0.6 is 23.8 Å². The van der Waals surface area contributed by atoms with Crippen LogP contribution in [0.15, 0.2) is 42.7 Å². The number of likely N-dealkylation sites (tertiary alicyclic amines) is 1. The summed E-state index contributed by atoms with van der Waals surface area (Å²) in [6.07, 6.45) is 6.81. The van der Waals surface area contributed by atoms with Crippen LogP contribution in [0.25, 0.3) is 0 Å². The highest BCUT2D eigenvalue weighted by atomic mass is 35.5. The van der Waals surface area contributed by atoms with E-state index < -0.39 is 5.97 Å². The Kier molecular flexibility index (Phi) is 5.50. The second-order valence-electron chi connectivity index (χ2n) is 5.92. The van der Waals surface area contributed by atoms with Crippen molar-refractivity contribution in [1.29, 1.82) is 0 Å². The summed E-state index contributed by atoms with van der Waals surface area (Å²) in [6, 6.07) is 8.66. The summed E-state index contributed by atoms with van der Waals surface area (Å²) >= 11 is 11.8. The number of carbonyl (C=O) groups is 1. The molecule has 1 aromatic carbocycles. The zero-order valence-electron chi connectivity index (χ0n) is 13.5. The zero-order chi connectivity index (χ0) is 17.8. The van der Waals surface area contributed by atoms with Gasteiger partial charge >= 0.3 is 5.97 Å². The molecular weight excluding hydrogens is 358 g/mol. The lowest BCUT2D eigenvalue weighted by molar-refractivity contribution is 0.0697. The molecule has 0 saturated carbocycles. The van der Waals surface area contributed by atoms with E-state index in [4.69, 9.17) is 28.9 Å². The van der Waals surface area contributed by atoms with E-state index in [0.717, 1.165) is 31.4 Å². The Balaban J connectivity index is 1.82. The summed E-state index contributed by atoms with van der Waals surface area (Å²) in [5, 5.41) is 13.2. The van der Waals surface area contributed by atoms with Crippen LogP contribution in [0.5, 0.6) is 0 Å². The van der Waals surface area contributed by atoms with Crippen molar-refractivity contribution < 1.29 is 9.90 Å². The second kappa shape index (κ2) is 7.80. The number of piperidine rings is 1. The largest absolute Gasteiger partial charge is 0.478 e. The summed E-state index contributed by atoms with van der Waals surface area (Å²) in [4.78, 5) is 17.5. The summed E-state index contributed by atoms with van der Waals surface area (Å²) in [5.41, 5.74) is 1.79. The van der Waals surface area contributed by atoms with Crippen molar-refractivity contribution in [2.45, 2.75) is 25.3 Å². The monoisotopic (exact) mass is 375 g/mol. The van der Waals surface area contributed by atoms with Crippen LogP contribution in [-0.4, -0.2) is 32.6 Å². The molecule has 1 aliphatic heterocycles. The predicted octanol–water partition coefficient (Wildman–Crippen LogP) is 4.36. The van der Waals surface area contributed by atoms with Gasteiger partial charge < -0.3 is 15.3 Å². The first kappa shape index (κ1) is 17.6. The molecule has 2 aromatic rings. The maximum atomic E-state index is 11.2. The SMILES string of the molecule is O=C(O)c1ccc(Cl)c(NC(=S)N2CCCCC2c2cccnc2)c1. The molecule has 2 heterocycles. The van der Waals surface area contributed by atoms with Gasteiger partial charge in [0.2, 0.25) is 0 Å². The van der Waals surface area contributed by atoms with Gasteiger partial charge in [-0.2, -0.15) is 0 Å². The fourth-order valence-electron chi connectivity index (χ4n) is 3.04. The standard InChI is InChI=1S/C18H18ClN3O2S/c19-14-7-6-12(17(23)24)10-15(14)21-18(25)22-9-2-1-5-16(22)13-4-3-8-20-11-13/h3-4,6-8,10-11,16H,1-2,5,9H2,(H,21,25)(H,23,24). The highest BCUT2D eigenvalue weighted by molar-refractivity contribution is 7.80. The third-order valence-corrected chi connectivity index (χ3v) is 4.95. The predicted molar refractivity (Wildman–Crippen MR) is 102 cm³/mol. The fourth-order valence-corrected chi connectivity index (χ4v) is 3.53. The molecule has 1 aliphatic rings. The third-order valence-electron chi connectivity index (χ3n) is 4.29. The van der Waals surface area contributed by atoms with E-state index in [1.165, 1.54) is 12.1 Å². The lowest BCUT2D eigenvalue weighted by Gasteiger charge is -2.38. The van der Waals surface area contributed by atoms with Gasteiger partial charge in [0, 0.05) is 18.9 Å². The second-order valence-corrected chi connectivity index (χ2v) is 6.72. The van der Waals surface area contributed by atoms with E-state index in [0.29, 0.717) is 15.8 Å². The molecule has 130 valence electrons. The molecule has 7 heteroatoms. The molecule has 5 nitrogen and oxygen atoms in total. The Morgan fingerprint density at radius 3 is 2.92 bits per heavy atom. The number of rotatable bonds is 3. The summed E-state index contributed by atoms with van der Waals surface area (Å²) in [5.74, 6) is -1.00. The summed E-state index contributed by atoms with van der Waals surface area (Å²) in [7, 11) is 0. The van der Waals surface area contributed by atoms with E-state index in [-0.39, 0.29) is 11.6 Å². The minimum atomic E-state index is -1.00. The lowest BCUT2D eigenvalue weighted by atomic mass is 9.97. The molecule has 0 aliphatic carbocycles. The van der Waals surface area contributed by atoms with Gasteiger partial charge in [0.1, 0.15) is 0 Å². The Bertz CT molecular complexity index is 785. The quantitative estimate of drug-likeness (QED) is 0.777. The first-order valence-corrected chi connectivity index (χ1v) is 8.85. The van der Waals surface area contributed by atoms with Gasteiger partial charge in [0.25, 0.3) is 0 Å². The molecule has 1 fully saturated rings. The van der Waals surface area contributed by atoms with E-state index in [9.17, 15) is 4.79 Å². The van der Waals surface area contributed by atoms with Crippen molar-refractivity contribution in [2.24, 2.45) is 0 Å². The molecule has 0 radical (unpaired) electrons. The molecule has 0 amide bonds. The number of carboxylic acid groups (broad SMARTS) is 1. The van der Waals surface area contributed by atoms with E-state index in [1.807, 2.05) is 12.3 Å². The first-order chi connectivity index (χ1) is 12.1. The minimum absolute atomic E-state index is 0.156. The third kappa shape index (κ3) is 4.08. The molecule has 3 rings (SSSR count). The number of benzene rings is 1. The molecule has 0 spiro atoms. The first-order valence-electron chi connectivity index (χ1n) is 8.06. The maximum absolute atomic E-state index is 11.2. The number of aromatic carboxylic acids is 1. The molecule has 1 saturated heterocycles. The van der Waals surface area contributed by atoms with Crippen LogP contribution < -0.4 is 5.32 Å². The summed E-state index contributed by atoms with van der Waals surface area (Å²) < 4.78 is 0. The molecular formula is C18H18ClN3O2S. The number of thiocarbonyl (C=S) groups is 1. The Morgan fingerprint density at radius 2 is 2.20 bits per heavy atom. The summed E-state index contributed by atoms with van der Waals surface area (Å²) in [6.45, 7) is 0.835. The van der Waals surface area contributed by atoms with E-state index in [2.05, 4.69) is 21.3 Å². The topological polar surface area (TPSA) is 65.5 Å². The van der Waals surface area contributed by atoms with Gasteiger partial charge in [-0.25, -0.2) is 4.79 Å². The van der Waals surface area contributed by atoms with Crippen LogP contribution in [0.3, 0.4) is 0 Å². The molecule has 25 heavy (non-hydrogen) atoms. The number of hydrogen-bond donors (Lipinski definition) is 2.